The minimum Gasteiger partial charge on any atom is -0.441 e. The van der Waals surface area contributed by atoms with Crippen molar-refractivity contribution in [1.29, 1.82) is 0 Å². The summed E-state index contributed by atoms with van der Waals surface area (Å²) in [5, 5.41) is 1.32. The molecular weight excluding hydrogens is 320 g/mol. The van der Waals surface area contributed by atoms with Crippen LogP contribution in [0.2, 0.25) is 0 Å². The Labute approximate surface area is 153 Å². The number of hydrogen-bond acceptors (Lipinski definition) is 3. The van der Waals surface area contributed by atoms with Gasteiger partial charge in [-0.25, -0.2) is 4.98 Å². The van der Waals surface area contributed by atoms with Crippen LogP contribution in [0.3, 0.4) is 0 Å². The third-order valence-electron chi connectivity index (χ3n) is 5.77. The Morgan fingerprint density at radius 1 is 0.846 bits per heavy atom. The topological polar surface area (TPSA) is 38.9 Å². The minimum absolute atomic E-state index is 0.641. The third-order valence-corrected chi connectivity index (χ3v) is 5.77. The Hall–Kier alpha value is -2.68. The Balaban J connectivity index is 1.30. The smallest absolute Gasteiger partial charge is 0.195 e. The average Bonchev–Trinajstić information content (AvgIpc) is 3.10. The summed E-state index contributed by atoms with van der Waals surface area (Å²) in [6, 6.07) is 18.8. The Morgan fingerprint density at radius 2 is 1.62 bits per heavy atom. The lowest BCUT2D eigenvalue weighted by molar-refractivity contribution is 0.307. The second kappa shape index (κ2) is 6.56. The molecule has 4 aromatic rings. The highest BCUT2D eigenvalue weighted by molar-refractivity contribution is 5.82. The van der Waals surface area contributed by atoms with Gasteiger partial charge < -0.3 is 4.42 Å². The van der Waals surface area contributed by atoms with Crippen LogP contribution in [0, 0.1) is 5.92 Å². The summed E-state index contributed by atoms with van der Waals surface area (Å²) in [5.74, 6) is 2.21. The molecule has 3 nitrogen and oxygen atoms in total. The van der Waals surface area contributed by atoms with Gasteiger partial charge in [0.2, 0.25) is 0 Å². The zero-order valence-corrected chi connectivity index (χ0v) is 14.8. The molecule has 1 saturated carbocycles. The van der Waals surface area contributed by atoms with Crippen molar-refractivity contribution in [1.82, 2.24) is 9.97 Å². The molecule has 0 atom stereocenters. The number of aromatic nitrogens is 2. The largest absolute Gasteiger partial charge is 0.441 e. The van der Waals surface area contributed by atoms with E-state index in [-0.39, 0.29) is 0 Å². The number of rotatable bonds is 3. The van der Waals surface area contributed by atoms with Crippen molar-refractivity contribution < 1.29 is 4.42 Å². The van der Waals surface area contributed by atoms with Crippen LogP contribution >= 0.6 is 0 Å². The molecule has 0 unspecified atom stereocenters. The molecule has 0 spiro atoms. The zero-order chi connectivity index (χ0) is 17.3. The number of hydrogen-bond donors (Lipinski definition) is 0. The van der Waals surface area contributed by atoms with Gasteiger partial charge in [0.05, 0.1) is 5.52 Å². The first-order chi connectivity index (χ1) is 12.9. The molecular formula is C23H22N2O. The third kappa shape index (κ3) is 2.88. The van der Waals surface area contributed by atoms with E-state index in [4.69, 9.17) is 4.42 Å². The highest BCUT2D eigenvalue weighted by atomic mass is 16.3. The van der Waals surface area contributed by atoms with E-state index in [1.165, 1.54) is 36.6 Å². The molecule has 0 bridgehead atoms. The second-order valence-electron chi connectivity index (χ2n) is 7.41. The normalized spacial score (nSPS) is 20.6. The Morgan fingerprint density at radius 3 is 2.46 bits per heavy atom. The monoisotopic (exact) mass is 342 g/mol. The lowest BCUT2D eigenvalue weighted by Crippen LogP contribution is -2.15. The summed E-state index contributed by atoms with van der Waals surface area (Å²) < 4.78 is 5.92. The van der Waals surface area contributed by atoms with Crippen LogP contribution in [0.4, 0.5) is 0 Å². The summed E-state index contributed by atoms with van der Waals surface area (Å²) in [4.78, 5) is 9.16. The van der Waals surface area contributed by atoms with Crippen molar-refractivity contribution in [3.05, 3.63) is 72.2 Å². The molecule has 0 aliphatic heterocycles. The van der Waals surface area contributed by atoms with Crippen molar-refractivity contribution in [3.8, 4) is 0 Å². The fraction of sp³-hybridized carbons (Fsp3) is 0.304. The van der Waals surface area contributed by atoms with Crippen LogP contribution in [0.25, 0.3) is 22.0 Å². The lowest BCUT2D eigenvalue weighted by atomic mass is 9.77. The van der Waals surface area contributed by atoms with Crippen molar-refractivity contribution in [2.24, 2.45) is 5.92 Å². The number of nitrogens with zero attached hydrogens (tertiary/aromatic N) is 2. The molecule has 5 rings (SSSR count). The number of benzene rings is 2. The molecule has 0 radical (unpaired) electrons. The molecule has 0 N–H and O–H groups in total. The number of pyridine rings is 1. The molecule has 2 aromatic carbocycles. The number of oxazole rings is 1. The molecule has 1 fully saturated rings. The van der Waals surface area contributed by atoms with Crippen LogP contribution in [0.15, 0.2) is 65.2 Å². The molecule has 2 aromatic heterocycles. The maximum atomic E-state index is 5.92. The van der Waals surface area contributed by atoms with Crippen molar-refractivity contribution in [3.63, 3.8) is 0 Å². The molecule has 3 heteroatoms. The van der Waals surface area contributed by atoms with Gasteiger partial charge in [0, 0.05) is 18.0 Å². The predicted octanol–water partition coefficient (Wildman–Crippen LogP) is 5.89. The molecule has 130 valence electrons. The maximum Gasteiger partial charge on any atom is 0.195 e. The predicted molar refractivity (Wildman–Crippen MR) is 104 cm³/mol. The van der Waals surface area contributed by atoms with E-state index in [1.807, 2.05) is 30.5 Å². The lowest BCUT2D eigenvalue weighted by Gasteiger charge is -2.28. The second-order valence-corrected chi connectivity index (χ2v) is 7.41. The number of para-hydroxylation sites is 3. The molecule has 1 aliphatic carbocycles. The molecule has 2 heterocycles. The molecule has 1 aliphatic rings. The van der Waals surface area contributed by atoms with E-state index in [0.717, 1.165) is 28.9 Å². The summed E-state index contributed by atoms with van der Waals surface area (Å²) in [6.07, 6.45) is 7.86. The van der Waals surface area contributed by atoms with E-state index in [2.05, 4.69) is 40.3 Å². The fourth-order valence-corrected chi connectivity index (χ4v) is 4.41. The first kappa shape index (κ1) is 15.6. The van der Waals surface area contributed by atoms with Crippen molar-refractivity contribution >= 4 is 22.0 Å². The van der Waals surface area contributed by atoms with Gasteiger partial charge in [0.25, 0.3) is 0 Å². The van der Waals surface area contributed by atoms with Gasteiger partial charge in [-0.05, 0) is 67.3 Å². The van der Waals surface area contributed by atoms with Crippen LogP contribution in [0.5, 0.6) is 0 Å². The van der Waals surface area contributed by atoms with Gasteiger partial charge in [0.1, 0.15) is 5.52 Å². The first-order valence-electron chi connectivity index (χ1n) is 9.55. The summed E-state index contributed by atoms with van der Waals surface area (Å²) in [7, 11) is 0. The Kier molecular flexibility index (Phi) is 3.93. The van der Waals surface area contributed by atoms with E-state index < -0.39 is 0 Å². The van der Waals surface area contributed by atoms with Gasteiger partial charge >= 0.3 is 0 Å². The van der Waals surface area contributed by atoms with Gasteiger partial charge in [-0.1, -0.05) is 30.3 Å². The van der Waals surface area contributed by atoms with E-state index in [1.54, 1.807) is 0 Å². The van der Waals surface area contributed by atoms with E-state index in [0.29, 0.717) is 11.8 Å². The summed E-state index contributed by atoms with van der Waals surface area (Å²) in [6.45, 7) is 0. The number of fused-ring (bicyclic) bond motifs is 2. The molecule has 0 amide bonds. The maximum absolute atomic E-state index is 5.92. The van der Waals surface area contributed by atoms with Crippen LogP contribution in [0.1, 0.15) is 43.1 Å². The standard InChI is InChI=1S/C23H22N2O/c1-2-6-20-19(5-1)18(13-14-24-20)17-11-9-16(10-12-17)15-23-25-21-7-3-4-8-22(21)26-23/h1-8,13-14,16-17H,9-12,15H2/t16-,17-. The highest BCUT2D eigenvalue weighted by Gasteiger charge is 2.25. The average molecular weight is 342 g/mol. The van der Waals surface area contributed by atoms with E-state index in [9.17, 15) is 0 Å². The van der Waals surface area contributed by atoms with Crippen LogP contribution in [-0.2, 0) is 6.42 Å². The minimum atomic E-state index is 0.641. The van der Waals surface area contributed by atoms with E-state index >= 15 is 0 Å². The highest BCUT2D eigenvalue weighted by Crippen LogP contribution is 2.39. The Bertz CT molecular complexity index is 1010. The van der Waals surface area contributed by atoms with Crippen LogP contribution < -0.4 is 0 Å². The first-order valence-corrected chi connectivity index (χ1v) is 9.55. The summed E-state index contributed by atoms with van der Waals surface area (Å²) in [5.41, 5.74) is 4.45. The van der Waals surface area contributed by atoms with Gasteiger partial charge in [-0.3, -0.25) is 4.98 Å². The quantitative estimate of drug-likeness (QED) is 0.466. The van der Waals surface area contributed by atoms with Crippen LogP contribution in [-0.4, -0.2) is 9.97 Å². The van der Waals surface area contributed by atoms with Crippen molar-refractivity contribution in [2.45, 2.75) is 38.0 Å². The SMILES string of the molecule is c1ccc2oc(C[C@H]3CC[C@H](c4ccnc5ccccc54)CC3)nc2c1. The summed E-state index contributed by atoms with van der Waals surface area (Å²) >= 11 is 0. The van der Waals surface area contributed by atoms with Gasteiger partial charge in [-0.15, -0.1) is 0 Å². The van der Waals surface area contributed by atoms with Gasteiger partial charge in [0.15, 0.2) is 11.5 Å². The molecule has 26 heavy (non-hydrogen) atoms. The fourth-order valence-electron chi connectivity index (χ4n) is 4.41. The zero-order valence-electron chi connectivity index (χ0n) is 14.8. The van der Waals surface area contributed by atoms with Crippen molar-refractivity contribution in [2.75, 3.05) is 0 Å². The van der Waals surface area contributed by atoms with Gasteiger partial charge in [-0.2, -0.15) is 0 Å². The molecule has 0 saturated heterocycles.